The molecule has 0 spiro atoms. The molecule has 3 N–H and O–H groups in total. The molecule has 0 unspecified atom stereocenters. The van der Waals surface area contributed by atoms with Crippen molar-refractivity contribution in [2.45, 2.75) is 27.2 Å². The monoisotopic (exact) mass is 496 g/mol. The molecule has 37 heavy (non-hydrogen) atoms. The molecule has 9 heteroatoms. The van der Waals surface area contributed by atoms with Gasteiger partial charge in [0.15, 0.2) is 5.75 Å². The first-order valence-electron chi connectivity index (χ1n) is 11.7. The van der Waals surface area contributed by atoms with Crippen molar-refractivity contribution in [3.8, 4) is 28.4 Å². The molecule has 188 valence electrons. The van der Waals surface area contributed by atoms with Gasteiger partial charge in [-0.1, -0.05) is 36.1 Å². The molecule has 1 amide bonds. The maximum absolute atomic E-state index is 11.7. The van der Waals surface area contributed by atoms with E-state index in [0.717, 1.165) is 16.7 Å². The number of phenols is 2. The first-order chi connectivity index (χ1) is 17.7. The lowest BCUT2D eigenvalue weighted by atomic mass is 10.1. The molecule has 0 aliphatic heterocycles. The van der Waals surface area contributed by atoms with E-state index >= 15 is 0 Å². The van der Waals surface area contributed by atoms with Gasteiger partial charge in [0.25, 0.3) is 0 Å². The SMILES string of the molecule is C=C(C)C(=O)NCCc1ccc(O)c(-n2cc(-c3cc(C)cc(N=Nc4ccccc4C)c3O)nn2)c1. The zero-order valence-electron chi connectivity index (χ0n) is 20.9. The minimum absolute atomic E-state index is 0.0207. The molecule has 4 aromatic rings. The molecule has 0 aliphatic rings. The van der Waals surface area contributed by atoms with Crippen LogP contribution in [0.1, 0.15) is 23.6 Å². The quantitative estimate of drug-likeness (QED) is 0.216. The third-order valence-corrected chi connectivity index (χ3v) is 5.76. The molecule has 0 aliphatic carbocycles. The maximum atomic E-state index is 11.7. The highest BCUT2D eigenvalue weighted by molar-refractivity contribution is 5.92. The van der Waals surface area contributed by atoms with Crippen LogP contribution in [0, 0.1) is 13.8 Å². The number of hydrogen-bond donors (Lipinski definition) is 3. The maximum Gasteiger partial charge on any atom is 0.246 e. The van der Waals surface area contributed by atoms with E-state index in [2.05, 4.69) is 32.4 Å². The van der Waals surface area contributed by atoms with Crippen LogP contribution in [0.2, 0.25) is 0 Å². The highest BCUT2D eigenvalue weighted by Gasteiger charge is 2.16. The Morgan fingerprint density at radius 3 is 2.57 bits per heavy atom. The number of phenolic OH excluding ortho intramolecular Hbond substituents is 2. The van der Waals surface area contributed by atoms with E-state index < -0.39 is 0 Å². The molecule has 9 nitrogen and oxygen atoms in total. The topological polar surface area (TPSA) is 125 Å². The molecule has 1 heterocycles. The first kappa shape index (κ1) is 25.3. The van der Waals surface area contributed by atoms with Crippen LogP contribution in [0.5, 0.6) is 11.5 Å². The molecule has 3 aromatic carbocycles. The number of carbonyl (C=O) groups is 1. The zero-order valence-corrected chi connectivity index (χ0v) is 20.9. The second-order valence-corrected chi connectivity index (χ2v) is 8.82. The summed E-state index contributed by atoms with van der Waals surface area (Å²) in [6, 6.07) is 16.3. The van der Waals surface area contributed by atoms with Gasteiger partial charge in [-0.15, -0.1) is 10.2 Å². The summed E-state index contributed by atoms with van der Waals surface area (Å²) in [5.74, 6) is -0.246. The van der Waals surface area contributed by atoms with Crippen molar-refractivity contribution in [1.82, 2.24) is 20.3 Å². The molecular formula is C28H28N6O3. The summed E-state index contributed by atoms with van der Waals surface area (Å²) in [5.41, 5.74) is 5.48. The first-order valence-corrected chi connectivity index (χ1v) is 11.7. The fourth-order valence-electron chi connectivity index (χ4n) is 3.70. The third kappa shape index (κ3) is 5.90. The number of amides is 1. The molecule has 0 atom stereocenters. The number of nitrogens with one attached hydrogen (secondary N) is 1. The molecule has 0 radical (unpaired) electrons. The Morgan fingerprint density at radius 1 is 1.05 bits per heavy atom. The van der Waals surface area contributed by atoms with Gasteiger partial charge in [0.05, 0.1) is 11.9 Å². The second-order valence-electron chi connectivity index (χ2n) is 8.82. The van der Waals surface area contributed by atoms with Gasteiger partial charge in [-0.2, -0.15) is 5.11 Å². The van der Waals surface area contributed by atoms with E-state index in [1.807, 2.05) is 38.1 Å². The van der Waals surface area contributed by atoms with Crippen LogP contribution in [0.25, 0.3) is 16.9 Å². The van der Waals surface area contributed by atoms with Gasteiger partial charge in [-0.05, 0) is 74.2 Å². The average Bonchev–Trinajstić information content (AvgIpc) is 3.36. The smallest absolute Gasteiger partial charge is 0.246 e. The number of azo groups is 1. The molecule has 0 saturated heterocycles. The lowest BCUT2D eigenvalue weighted by molar-refractivity contribution is -0.117. The van der Waals surface area contributed by atoms with Crippen molar-refractivity contribution in [2.24, 2.45) is 10.2 Å². The van der Waals surface area contributed by atoms with Crippen LogP contribution in [-0.4, -0.2) is 37.7 Å². The largest absolute Gasteiger partial charge is 0.506 e. The fraction of sp³-hybridized carbons (Fsp3) is 0.179. The Kier molecular flexibility index (Phi) is 7.43. The highest BCUT2D eigenvalue weighted by atomic mass is 16.3. The average molecular weight is 497 g/mol. The lowest BCUT2D eigenvalue weighted by Gasteiger charge is -2.09. The van der Waals surface area contributed by atoms with Crippen LogP contribution < -0.4 is 5.32 Å². The Balaban J connectivity index is 1.60. The molecule has 4 rings (SSSR count). The van der Waals surface area contributed by atoms with Gasteiger partial charge in [0.2, 0.25) is 5.91 Å². The Morgan fingerprint density at radius 2 is 1.81 bits per heavy atom. The van der Waals surface area contributed by atoms with Crippen LogP contribution >= 0.6 is 0 Å². The van der Waals surface area contributed by atoms with Crippen LogP contribution in [-0.2, 0) is 11.2 Å². The predicted molar refractivity (Wildman–Crippen MR) is 142 cm³/mol. The zero-order chi connectivity index (χ0) is 26.5. The molecular weight excluding hydrogens is 468 g/mol. The van der Waals surface area contributed by atoms with Gasteiger partial charge >= 0.3 is 0 Å². The molecule has 0 bridgehead atoms. The van der Waals surface area contributed by atoms with Gasteiger partial charge in [0, 0.05) is 17.7 Å². The third-order valence-electron chi connectivity index (χ3n) is 5.76. The number of aromatic nitrogens is 3. The number of nitrogens with zero attached hydrogens (tertiary/aromatic N) is 5. The van der Waals surface area contributed by atoms with Crippen molar-refractivity contribution in [2.75, 3.05) is 6.54 Å². The predicted octanol–water partition coefficient (Wildman–Crippen LogP) is 5.61. The van der Waals surface area contributed by atoms with Gasteiger partial charge in [-0.25, -0.2) is 4.68 Å². The van der Waals surface area contributed by atoms with Crippen molar-refractivity contribution >= 4 is 17.3 Å². The summed E-state index contributed by atoms with van der Waals surface area (Å²) in [5, 5.41) is 41.1. The van der Waals surface area contributed by atoms with Crippen molar-refractivity contribution < 1.29 is 15.0 Å². The van der Waals surface area contributed by atoms with Crippen molar-refractivity contribution in [3.05, 3.63) is 89.6 Å². The van der Waals surface area contributed by atoms with E-state index in [1.54, 1.807) is 43.5 Å². The molecule has 0 fully saturated rings. The number of aromatic hydroxyl groups is 2. The fourth-order valence-corrected chi connectivity index (χ4v) is 3.70. The van der Waals surface area contributed by atoms with Crippen LogP contribution in [0.15, 0.2) is 83.2 Å². The van der Waals surface area contributed by atoms with Gasteiger partial charge in [-0.3, -0.25) is 4.79 Å². The Bertz CT molecular complexity index is 1510. The summed E-state index contributed by atoms with van der Waals surface area (Å²) in [6.45, 7) is 9.53. The highest BCUT2D eigenvalue weighted by Crippen LogP contribution is 2.39. The van der Waals surface area contributed by atoms with E-state index in [0.29, 0.717) is 46.9 Å². The summed E-state index contributed by atoms with van der Waals surface area (Å²) >= 11 is 0. The second kappa shape index (κ2) is 10.9. The van der Waals surface area contributed by atoms with E-state index in [1.165, 1.54) is 4.68 Å². The molecule has 0 saturated carbocycles. The number of hydrogen-bond acceptors (Lipinski definition) is 7. The van der Waals surface area contributed by atoms with Gasteiger partial charge < -0.3 is 15.5 Å². The Labute approximate surface area is 214 Å². The molecule has 1 aromatic heterocycles. The number of benzene rings is 3. The normalized spacial score (nSPS) is 11.1. The lowest BCUT2D eigenvalue weighted by Crippen LogP contribution is -2.25. The summed E-state index contributed by atoms with van der Waals surface area (Å²) in [4.78, 5) is 11.7. The summed E-state index contributed by atoms with van der Waals surface area (Å²) in [7, 11) is 0. The number of aryl methyl sites for hydroxylation is 2. The minimum Gasteiger partial charge on any atom is -0.506 e. The summed E-state index contributed by atoms with van der Waals surface area (Å²) < 4.78 is 1.44. The van der Waals surface area contributed by atoms with Gasteiger partial charge in [0.1, 0.15) is 22.8 Å². The van der Waals surface area contributed by atoms with E-state index in [9.17, 15) is 15.0 Å². The Hall–Kier alpha value is -4.79. The standard InChI is InChI=1S/C28H28N6O3/c1-17(2)28(37)29-12-11-20-9-10-26(35)25(15-20)34-16-24(32-33-34)21-13-18(3)14-23(27(21)36)31-30-22-8-6-5-7-19(22)4/h5-10,13-16,35-36H,1,11-12H2,2-4H3,(H,29,37). The van der Waals surface area contributed by atoms with Crippen molar-refractivity contribution in [1.29, 1.82) is 0 Å². The van der Waals surface area contributed by atoms with Crippen LogP contribution in [0.4, 0.5) is 11.4 Å². The van der Waals surface area contributed by atoms with Crippen LogP contribution in [0.3, 0.4) is 0 Å². The van der Waals surface area contributed by atoms with E-state index in [4.69, 9.17) is 0 Å². The number of carbonyl (C=O) groups excluding carboxylic acids is 1. The summed E-state index contributed by atoms with van der Waals surface area (Å²) in [6.07, 6.45) is 2.18. The minimum atomic E-state index is -0.198. The number of rotatable bonds is 8. The van der Waals surface area contributed by atoms with Crippen molar-refractivity contribution in [3.63, 3.8) is 0 Å². The van der Waals surface area contributed by atoms with E-state index in [-0.39, 0.29) is 17.4 Å².